The van der Waals surface area contributed by atoms with E-state index in [2.05, 4.69) is 10.3 Å². The Morgan fingerprint density at radius 3 is 2.70 bits per heavy atom. The normalized spacial score (nSPS) is 11.7. The minimum atomic E-state index is -4.61. The summed E-state index contributed by atoms with van der Waals surface area (Å²) in [4.78, 5) is 29.6. The molecule has 0 aliphatic heterocycles. The van der Waals surface area contributed by atoms with Gasteiger partial charge in [-0.1, -0.05) is 13.8 Å². The summed E-state index contributed by atoms with van der Waals surface area (Å²) in [6, 6.07) is 0.608. The van der Waals surface area contributed by atoms with Crippen molar-refractivity contribution < 1.29 is 18.0 Å². The van der Waals surface area contributed by atoms with Crippen LogP contribution in [0, 0.1) is 0 Å². The van der Waals surface area contributed by atoms with E-state index in [0.29, 0.717) is 18.0 Å². The smallest absolute Gasteiger partial charge is 0.327 e. The lowest BCUT2D eigenvalue weighted by Gasteiger charge is -2.08. The highest BCUT2D eigenvalue weighted by Gasteiger charge is 2.31. The average Bonchev–Trinajstić information content (AvgIpc) is 2.88. The van der Waals surface area contributed by atoms with Gasteiger partial charge in [-0.05, 0) is 6.07 Å². The lowest BCUT2D eigenvalue weighted by molar-refractivity contribution is -0.137. The van der Waals surface area contributed by atoms with Crippen molar-refractivity contribution in [3.05, 3.63) is 44.3 Å². The van der Waals surface area contributed by atoms with Crippen LogP contribution < -0.4 is 10.9 Å². The minimum absolute atomic E-state index is 0.112. The number of rotatable bonds is 4. The van der Waals surface area contributed by atoms with E-state index >= 15 is 0 Å². The maximum atomic E-state index is 12.6. The molecule has 124 valence electrons. The minimum Gasteiger partial charge on any atom is -0.327 e. The van der Waals surface area contributed by atoms with Crippen LogP contribution in [0.25, 0.3) is 0 Å². The van der Waals surface area contributed by atoms with Gasteiger partial charge < -0.3 is 10.3 Å². The zero-order valence-corrected chi connectivity index (χ0v) is 13.1. The van der Waals surface area contributed by atoms with Crippen molar-refractivity contribution in [2.75, 3.05) is 5.32 Å². The molecular weight excluding hydrogens is 331 g/mol. The molecule has 0 radical (unpaired) electrons. The van der Waals surface area contributed by atoms with Crippen molar-refractivity contribution in [3.8, 4) is 0 Å². The lowest BCUT2D eigenvalue weighted by Crippen LogP contribution is -2.22. The van der Waals surface area contributed by atoms with Crippen LogP contribution in [0.3, 0.4) is 0 Å². The van der Waals surface area contributed by atoms with Gasteiger partial charge in [-0.15, -0.1) is 11.3 Å². The number of thiazole rings is 1. The Morgan fingerprint density at radius 2 is 2.13 bits per heavy atom. The van der Waals surface area contributed by atoms with Gasteiger partial charge in [-0.3, -0.25) is 9.59 Å². The number of carbonyl (C=O) groups is 1. The summed E-state index contributed by atoms with van der Waals surface area (Å²) in [5, 5.41) is 4.77. The fourth-order valence-corrected chi connectivity index (χ4v) is 2.60. The highest BCUT2D eigenvalue weighted by atomic mass is 32.1. The number of amides is 1. The van der Waals surface area contributed by atoms with Crippen molar-refractivity contribution in [1.29, 1.82) is 0 Å². The molecule has 0 saturated heterocycles. The zero-order valence-electron chi connectivity index (χ0n) is 12.3. The number of aromatic amines is 1. The maximum absolute atomic E-state index is 12.6. The Labute approximate surface area is 133 Å². The molecule has 0 aliphatic rings. The molecule has 0 saturated carbocycles. The highest BCUT2D eigenvalue weighted by Crippen LogP contribution is 2.29. The number of H-pyrrole nitrogens is 1. The van der Waals surface area contributed by atoms with Gasteiger partial charge in [0.15, 0.2) is 0 Å². The predicted molar refractivity (Wildman–Crippen MR) is 80.6 cm³/mol. The second kappa shape index (κ2) is 6.53. The van der Waals surface area contributed by atoms with E-state index in [1.807, 2.05) is 18.8 Å². The molecule has 0 aliphatic carbocycles. The Hall–Kier alpha value is -2.16. The third-order valence-corrected chi connectivity index (χ3v) is 4.10. The first-order chi connectivity index (χ1) is 10.7. The molecule has 0 unspecified atom stereocenters. The molecule has 2 N–H and O–H groups in total. The third-order valence-electron chi connectivity index (χ3n) is 2.91. The van der Waals surface area contributed by atoms with Crippen LogP contribution in [0.1, 0.15) is 36.0 Å². The monoisotopic (exact) mass is 345 g/mol. The molecule has 0 spiro atoms. The molecule has 0 fully saturated rings. The number of nitrogens with one attached hydrogen (secondary N) is 2. The zero-order chi connectivity index (χ0) is 17.2. The average molecular weight is 345 g/mol. The summed E-state index contributed by atoms with van der Waals surface area (Å²) < 4.78 is 37.9. The van der Waals surface area contributed by atoms with Crippen molar-refractivity contribution >= 4 is 22.9 Å². The van der Waals surface area contributed by atoms with Crippen molar-refractivity contribution in [1.82, 2.24) is 9.97 Å². The number of alkyl halides is 3. The first-order valence-corrected chi connectivity index (χ1v) is 7.59. The number of pyridine rings is 1. The summed E-state index contributed by atoms with van der Waals surface area (Å²) in [7, 11) is 0. The van der Waals surface area contributed by atoms with E-state index in [4.69, 9.17) is 0 Å². The van der Waals surface area contributed by atoms with E-state index in [1.165, 1.54) is 11.3 Å². The second-order valence-electron chi connectivity index (χ2n) is 5.19. The van der Waals surface area contributed by atoms with Crippen LogP contribution in [0.5, 0.6) is 0 Å². The van der Waals surface area contributed by atoms with Gasteiger partial charge in [0.25, 0.3) is 5.56 Å². The Morgan fingerprint density at radius 1 is 1.43 bits per heavy atom. The van der Waals surface area contributed by atoms with Crippen LogP contribution >= 0.6 is 11.3 Å². The van der Waals surface area contributed by atoms with Gasteiger partial charge >= 0.3 is 6.18 Å². The fraction of sp³-hybridized carbons (Fsp3) is 0.357. The topological polar surface area (TPSA) is 74.8 Å². The quantitative estimate of drug-likeness (QED) is 0.894. The summed E-state index contributed by atoms with van der Waals surface area (Å²) in [6.45, 7) is 3.93. The SMILES string of the molecule is CC(C)c1nc(CC(=O)Nc2cc(C(F)(F)F)c[nH]c2=O)cs1. The molecule has 0 atom stereocenters. The van der Waals surface area contributed by atoms with Crippen LogP contribution in [0.4, 0.5) is 18.9 Å². The van der Waals surface area contributed by atoms with Gasteiger partial charge in [0.2, 0.25) is 5.91 Å². The van der Waals surface area contributed by atoms with Crippen LogP contribution in [0.15, 0.2) is 22.4 Å². The van der Waals surface area contributed by atoms with E-state index in [9.17, 15) is 22.8 Å². The number of halogens is 3. The number of hydrogen-bond acceptors (Lipinski definition) is 4. The molecule has 9 heteroatoms. The number of aromatic nitrogens is 2. The summed E-state index contributed by atoms with van der Waals surface area (Å²) in [5.41, 5.74) is -1.76. The van der Waals surface area contributed by atoms with Crippen molar-refractivity contribution in [2.24, 2.45) is 0 Å². The largest absolute Gasteiger partial charge is 0.417 e. The summed E-state index contributed by atoms with van der Waals surface area (Å²) in [5.74, 6) is -0.376. The van der Waals surface area contributed by atoms with Gasteiger partial charge in [-0.2, -0.15) is 13.2 Å². The first-order valence-electron chi connectivity index (χ1n) is 6.71. The van der Waals surface area contributed by atoms with E-state index in [-0.39, 0.29) is 12.3 Å². The first kappa shape index (κ1) is 17.2. The Balaban J connectivity index is 2.12. The summed E-state index contributed by atoms with van der Waals surface area (Å²) in [6.07, 6.45) is -4.16. The number of hydrogen-bond donors (Lipinski definition) is 2. The summed E-state index contributed by atoms with van der Waals surface area (Å²) >= 11 is 1.41. The Kier molecular flexibility index (Phi) is 4.88. The van der Waals surface area contributed by atoms with Crippen LogP contribution in [-0.4, -0.2) is 15.9 Å². The Bertz CT molecular complexity index is 765. The molecule has 1 amide bonds. The standard InChI is InChI=1S/C14H14F3N3O2S/c1-7(2)13-19-9(6-23-13)4-11(21)20-10-3-8(14(15,16)17)5-18-12(10)22/h3,5-7H,4H2,1-2H3,(H,18,22)(H,20,21). The molecule has 2 aromatic rings. The predicted octanol–water partition coefficient (Wildman–Crippen LogP) is 3.15. The molecule has 0 aromatic carbocycles. The third kappa shape index (κ3) is 4.41. The molecule has 2 heterocycles. The molecule has 2 aromatic heterocycles. The van der Waals surface area contributed by atoms with Gasteiger partial charge in [-0.25, -0.2) is 4.98 Å². The number of anilines is 1. The van der Waals surface area contributed by atoms with Crippen LogP contribution in [0.2, 0.25) is 0 Å². The van der Waals surface area contributed by atoms with Crippen molar-refractivity contribution in [2.45, 2.75) is 32.4 Å². The molecule has 5 nitrogen and oxygen atoms in total. The molecule has 23 heavy (non-hydrogen) atoms. The van der Waals surface area contributed by atoms with Gasteiger partial charge in [0.05, 0.1) is 22.7 Å². The lowest BCUT2D eigenvalue weighted by atomic mass is 10.2. The molecule has 2 rings (SSSR count). The second-order valence-corrected chi connectivity index (χ2v) is 6.08. The number of carbonyl (C=O) groups excluding carboxylic acids is 1. The van der Waals surface area contributed by atoms with E-state index < -0.39 is 28.9 Å². The fourth-order valence-electron chi connectivity index (χ4n) is 1.77. The highest BCUT2D eigenvalue weighted by molar-refractivity contribution is 7.09. The van der Waals surface area contributed by atoms with Crippen molar-refractivity contribution in [3.63, 3.8) is 0 Å². The van der Waals surface area contributed by atoms with Crippen LogP contribution in [-0.2, 0) is 17.4 Å². The molecule has 0 bridgehead atoms. The van der Waals surface area contributed by atoms with E-state index in [0.717, 1.165) is 5.01 Å². The van der Waals surface area contributed by atoms with Gasteiger partial charge in [0, 0.05) is 17.5 Å². The van der Waals surface area contributed by atoms with Gasteiger partial charge in [0.1, 0.15) is 5.69 Å². The maximum Gasteiger partial charge on any atom is 0.417 e. The number of nitrogens with zero attached hydrogens (tertiary/aromatic N) is 1. The van der Waals surface area contributed by atoms with E-state index in [1.54, 1.807) is 5.38 Å². The molecular formula is C14H14F3N3O2S.